The third kappa shape index (κ3) is 8.82. The summed E-state index contributed by atoms with van der Waals surface area (Å²) in [6, 6.07) is 0. The molecule has 0 saturated heterocycles. The number of rotatable bonds is 0. The molecule has 0 aliphatic rings. The second-order valence-corrected chi connectivity index (χ2v) is 0. The fourth-order valence-electron chi connectivity index (χ4n) is 0. The summed E-state index contributed by atoms with van der Waals surface area (Å²) in [5.74, 6) is 0. The van der Waals surface area contributed by atoms with E-state index in [4.69, 9.17) is 3.10 Å². The van der Waals surface area contributed by atoms with Gasteiger partial charge in [-0.2, -0.15) is 0 Å². The van der Waals surface area contributed by atoms with E-state index >= 15 is 0 Å². The molecule has 0 rings (SSSR count). The van der Waals surface area contributed by atoms with Crippen molar-refractivity contribution in [1.82, 2.24) is 0 Å². The minimum atomic E-state index is 0. The Morgan fingerprint density at radius 1 is 1.25 bits per heavy atom. The third-order valence-corrected chi connectivity index (χ3v) is 0. The van der Waals surface area contributed by atoms with Crippen LogP contribution in [0.4, 0.5) is 0 Å². The second kappa shape index (κ2) is 18.0. The van der Waals surface area contributed by atoms with E-state index in [0.717, 1.165) is 0 Å². The van der Waals surface area contributed by atoms with Crippen LogP contribution in [-0.4, -0.2) is 22.3 Å². The zero-order chi connectivity index (χ0) is 2.00. The minimum Gasteiger partial charge on any atom is 0 e. The van der Waals surface area contributed by atoms with Gasteiger partial charge in [-0.05, 0) is 0 Å². The molecule has 16 valence electrons. The van der Waals surface area contributed by atoms with Gasteiger partial charge in [-0.25, -0.2) is 0 Å². The van der Waals surface area contributed by atoms with E-state index in [0.29, 0.717) is 22.3 Å². The van der Waals surface area contributed by atoms with Gasteiger partial charge in [0.2, 0.25) is 0 Å². The van der Waals surface area contributed by atoms with E-state index in [1.165, 1.54) is 0 Å². The predicted molar refractivity (Wildman–Crippen MR) is 6.44 cm³/mol. The first-order valence-electron chi connectivity index (χ1n) is 0.167. The SMILES string of the molecule is O=[Te].[Cd].[Hg]. The van der Waals surface area contributed by atoms with E-state index in [2.05, 4.69) is 0 Å². The van der Waals surface area contributed by atoms with Gasteiger partial charge in [0.1, 0.15) is 0 Å². The summed E-state index contributed by atoms with van der Waals surface area (Å²) in [5, 5.41) is 0. The largest absolute Gasteiger partial charge is 0 e. The molecule has 0 amide bonds. The molecule has 0 atom stereocenters. The van der Waals surface area contributed by atoms with Crippen molar-refractivity contribution in [2.75, 3.05) is 0 Å². The van der Waals surface area contributed by atoms with E-state index < -0.39 is 0 Å². The van der Waals surface area contributed by atoms with E-state index in [-0.39, 0.29) is 55.0 Å². The summed E-state index contributed by atoms with van der Waals surface area (Å²) >= 11 is 0.700. The Kier molecular flexibility index (Phi) is 72.4. The summed E-state index contributed by atoms with van der Waals surface area (Å²) in [6.07, 6.45) is 0. The monoisotopic (exact) mass is 462 g/mol. The number of hydrogen-bond acceptors (Lipinski definition) is 1. The summed E-state index contributed by atoms with van der Waals surface area (Å²) in [4.78, 5) is 0. The number of hydrogen-bond donors (Lipinski definition) is 0. The molecule has 0 bridgehead atoms. The van der Waals surface area contributed by atoms with Gasteiger partial charge in [0, 0.05) is 55.0 Å². The van der Waals surface area contributed by atoms with Gasteiger partial charge in [-0.1, -0.05) is 0 Å². The van der Waals surface area contributed by atoms with Gasteiger partial charge in [-0.3, -0.25) is 0 Å². The first-order valence-corrected chi connectivity index (χ1v) is 1.12. The van der Waals surface area contributed by atoms with Gasteiger partial charge < -0.3 is 0 Å². The van der Waals surface area contributed by atoms with Crippen molar-refractivity contribution in [3.8, 4) is 0 Å². The van der Waals surface area contributed by atoms with Crippen LogP contribution in [0.2, 0.25) is 0 Å². The first-order chi connectivity index (χ1) is 1.00. The molecule has 0 spiro atoms. The van der Waals surface area contributed by atoms with Crippen LogP contribution in [0, 0.1) is 0 Å². The molecule has 1 nitrogen and oxygen atoms in total. The topological polar surface area (TPSA) is 17.1 Å². The molecule has 0 fully saturated rings. The van der Waals surface area contributed by atoms with Crippen molar-refractivity contribution in [2.45, 2.75) is 0 Å². The molecule has 0 radical (unpaired) electrons. The Morgan fingerprint density at radius 3 is 1.25 bits per heavy atom. The molecule has 0 aromatic carbocycles. The maximum atomic E-state index is 8.26. The van der Waals surface area contributed by atoms with Crippen LogP contribution in [0.3, 0.4) is 0 Å². The van der Waals surface area contributed by atoms with Crippen LogP contribution < -0.4 is 0 Å². The Balaban J connectivity index is -0.00000000500. The second-order valence-electron chi connectivity index (χ2n) is 0. The van der Waals surface area contributed by atoms with Crippen molar-refractivity contribution >= 4 is 22.3 Å². The van der Waals surface area contributed by atoms with E-state index in [1.807, 2.05) is 0 Å². The van der Waals surface area contributed by atoms with Crippen molar-refractivity contribution in [3.63, 3.8) is 0 Å². The van der Waals surface area contributed by atoms with Crippen LogP contribution in [0.5, 0.6) is 0 Å². The summed E-state index contributed by atoms with van der Waals surface area (Å²) in [7, 11) is 0. The molecule has 0 saturated carbocycles. The molecule has 0 heterocycles. The normalized spacial score (nSPS) is 1.00. The summed E-state index contributed by atoms with van der Waals surface area (Å²) < 4.78 is 8.26. The van der Waals surface area contributed by atoms with Crippen molar-refractivity contribution in [2.24, 2.45) is 0 Å². The quantitative estimate of drug-likeness (QED) is 0.449. The Hall–Kier alpha value is 2.45. The van der Waals surface area contributed by atoms with Crippen molar-refractivity contribution in [3.05, 3.63) is 0 Å². The average molecular weight is 457 g/mol. The van der Waals surface area contributed by atoms with E-state index in [9.17, 15) is 0 Å². The molecule has 0 unspecified atom stereocenters. The maximum absolute atomic E-state index is 8.26. The van der Waals surface area contributed by atoms with Gasteiger partial charge in [0.25, 0.3) is 0 Å². The van der Waals surface area contributed by atoms with Crippen molar-refractivity contribution < 1.29 is 58.1 Å². The molecule has 4 heteroatoms. The molecule has 0 aromatic heterocycles. The fraction of sp³-hybridized carbons (Fsp3) is 0. The Morgan fingerprint density at radius 2 is 1.25 bits per heavy atom. The molecule has 0 aliphatic carbocycles. The van der Waals surface area contributed by atoms with Crippen LogP contribution in [0.15, 0.2) is 0 Å². The smallest absolute Gasteiger partial charge is 0 e. The van der Waals surface area contributed by atoms with E-state index in [1.54, 1.807) is 0 Å². The zero-order valence-electron chi connectivity index (χ0n) is 2.23. The maximum Gasteiger partial charge on any atom is 0 e. The Bertz CT molecular complexity index is 8.00. The molecule has 0 aromatic rings. The van der Waals surface area contributed by atoms with Crippen LogP contribution in [-0.2, 0) is 58.1 Å². The van der Waals surface area contributed by atoms with Gasteiger partial charge in [0.05, 0.1) is 0 Å². The Labute approximate surface area is 78.9 Å². The zero-order valence-corrected chi connectivity index (χ0v) is 14.1. The third-order valence-electron chi connectivity index (χ3n) is 0. The van der Waals surface area contributed by atoms with Crippen LogP contribution >= 0.6 is 0 Å². The summed E-state index contributed by atoms with van der Waals surface area (Å²) in [6.45, 7) is 0. The van der Waals surface area contributed by atoms with Gasteiger partial charge in [-0.15, -0.1) is 0 Å². The summed E-state index contributed by atoms with van der Waals surface area (Å²) in [5.41, 5.74) is 0. The average Bonchev–Trinajstić information content (AvgIpc) is 1.00. The molecule has 4 heavy (non-hydrogen) atoms. The first kappa shape index (κ1) is 16.1. The fourth-order valence-corrected chi connectivity index (χ4v) is 0. The van der Waals surface area contributed by atoms with Crippen LogP contribution in [0.1, 0.15) is 0 Å². The van der Waals surface area contributed by atoms with Gasteiger partial charge in [0.15, 0.2) is 0 Å². The molecular formula is CdHgOTe. The molecule has 0 aliphatic heterocycles. The van der Waals surface area contributed by atoms with Crippen LogP contribution in [0.25, 0.3) is 0 Å². The van der Waals surface area contributed by atoms with Gasteiger partial charge >= 0.3 is 25.4 Å². The standard InChI is InChI=1S/Cd.Hg.OTe/c;;1-2. The predicted octanol–water partition coefficient (Wildman–Crippen LogP) is -0.505. The van der Waals surface area contributed by atoms with Crippen molar-refractivity contribution in [1.29, 1.82) is 0 Å². The minimum absolute atomic E-state index is 0. The molecular weight excluding hydrogens is 457 g/mol. The molecule has 0 N–H and O–H groups in total.